The van der Waals surface area contributed by atoms with Crippen LogP contribution in [0.3, 0.4) is 0 Å². The van der Waals surface area contributed by atoms with Crippen molar-refractivity contribution in [3.63, 3.8) is 0 Å². The number of hydrogen-bond donors (Lipinski definition) is 2. The molecule has 1 aromatic rings. The zero-order valence-corrected chi connectivity index (χ0v) is 15.6. The minimum atomic E-state index is -0.357. The second-order valence-electron chi connectivity index (χ2n) is 8.98. The number of pyridine rings is 1. The van der Waals surface area contributed by atoms with Gasteiger partial charge in [0.25, 0.3) is 0 Å². The molecule has 0 aromatic carbocycles. The maximum Gasteiger partial charge on any atom is 0.341 e. The fourth-order valence-corrected chi connectivity index (χ4v) is 6.17. The Morgan fingerprint density at radius 1 is 1.15 bits per heavy atom. The smallest absolute Gasteiger partial charge is 0.336 e. The van der Waals surface area contributed by atoms with Crippen LogP contribution in [0.5, 0.6) is 0 Å². The molecule has 1 aromatic heterocycles. The van der Waals surface area contributed by atoms with Crippen molar-refractivity contribution in [2.24, 2.45) is 23.2 Å². The first-order valence-electron chi connectivity index (χ1n) is 10.2. The van der Waals surface area contributed by atoms with E-state index in [1.165, 1.54) is 44.1 Å². The van der Waals surface area contributed by atoms with Crippen molar-refractivity contribution in [3.8, 4) is 0 Å². The highest BCUT2D eigenvalue weighted by Gasteiger charge is 2.50. The van der Waals surface area contributed by atoms with Crippen LogP contribution in [-0.2, 0) is 6.42 Å². The second-order valence-corrected chi connectivity index (χ2v) is 8.98. The molecule has 5 heteroatoms. The summed E-state index contributed by atoms with van der Waals surface area (Å²) in [6.45, 7) is 1.04. The summed E-state index contributed by atoms with van der Waals surface area (Å²) >= 11 is 0. The molecule has 0 radical (unpaired) electrons. The monoisotopic (exact) mass is 357 g/mol. The van der Waals surface area contributed by atoms with Crippen molar-refractivity contribution >= 4 is 6.03 Å². The van der Waals surface area contributed by atoms with E-state index < -0.39 is 0 Å². The van der Waals surface area contributed by atoms with E-state index >= 15 is 0 Å². The van der Waals surface area contributed by atoms with Gasteiger partial charge in [-0.3, -0.25) is 10.2 Å². The molecule has 0 spiro atoms. The third kappa shape index (κ3) is 4.03. The molecule has 4 saturated carbocycles. The highest BCUT2D eigenvalue weighted by atomic mass is 16.5. The van der Waals surface area contributed by atoms with E-state index in [2.05, 4.69) is 10.3 Å². The Hall–Kier alpha value is -1.62. The van der Waals surface area contributed by atoms with Gasteiger partial charge in [0.1, 0.15) is 0 Å². The molecule has 2 N–H and O–H groups in total. The van der Waals surface area contributed by atoms with E-state index in [0.717, 1.165) is 42.1 Å². The summed E-state index contributed by atoms with van der Waals surface area (Å²) < 4.78 is 0. The van der Waals surface area contributed by atoms with Gasteiger partial charge in [0, 0.05) is 18.9 Å². The Bertz CT molecular complexity index is 584. The summed E-state index contributed by atoms with van der Waals surface area (Å²) in [5, 5.41) is 13.9. The SMILES string of the molecule is O=C(NCCCc1ccncc1)N(O)CCC12CC3CC(CC(C3)C1)C2. The predicted molar refractivity (Wildman–Crippen MR) is 99.7 cm³/mol. The molecule has 5 nitrogen and oxygen atoms in total. The molecule has 4 bridgehead atoms. The molecular weight excluding hydrogens is 326 g/mol. The lowest BCUT2D eigenvalue weighted by molar-refractivity contribution is -0.0891. The summed E-state index contributed by atoms with van der Waals surface area (Å²) in [4.78, 5) is 16.1. The highest BCUT2D eigenvalue weighted by Crippen LogP contribution is 2.61. The van der Waals surface area contributed by atoms with Gasteiger partial charge in [0.05, 0.1) is 6.54 Å². The van der Waals surface area contributed by atoms with Crippen LogP contribution in [0, 0.1) is 23.2 Å². The van der Waals surface area contributed by atoms with E-state index in [1.54, 1.807) is 12.4 Å². The van der Waals surface area contributed by atoms with Crippen molar-refractivity contribution in [1.82, 2.24) is 15.4 Å². The van der Waals surface area contributed by atoms with Gasteiger partial charge in [-0.05, 0) is 98.7 Å². The third-order valence-corrected chi connectivity index (χ3v) is 6.92. The molecule has 0 saturated heterocycles. The van der Waals surface area contributed by atoms with E-state index in [1.807, 2.05) is 12.1 Å². The molecule has 1 heterocycles. The number of rotatable bonds is 7. The van der Waals surface area contributed by atoms with Crippen LogP contribution in [0.4, 0.5) is 4.79 Å². The largest absolute Gasteiger partial charge is 0.341 e. The predicted octanol–water partition coefficient (Wildman–Crippen LogP) is 4.02. The summed E-state index contributed by atoms with van der Waals surface area (Å²) in [6.07, 6.45) is 14.5. The summed E-state index contributed by atoms with van der Waals surface area (Å²) in [5.74, 6) is 2.74. The number of carbonyl (C=O) groups is 1. The number of amides is 2. The van der Waals surface area contributed by atoms with E-state index in [9.17, 15) is 10.0 Å². The summed E-state index contributed by atoms with van der Waals surface area (Å²) in [5.41, 5.74) is 1.62. The van der Waals surface area contributed by atoms with Gasteiger partial charge < -0.3 is 5.32 Å². The van der Waals surface area contributed by atoms with Crippen LogP contribution in [-0.4, -0.2) is 34.4 Å². The van der Waals surface area contributed by atoms with Gasteiger partial charge in [-0.25, -0.2) is 9.86 Å². The summed E-state index contributed by atoms with van der Waals surface area (Å²) in [6, 6.07) is 3.63. The number of hydrogen-bond acceptors (Lipinski definition) is 3. The maximum atomic E-state index is 12.1. The normalized spacial score (nSPS) is 31.8. The molecule has 0 aliphatic heterocycles. The number of nitrogens with one attached hydrogen (secondary N) is 1. The molecule has 5 rings (SSSR count). The standard InChI is InChI=1S/C21H31N3O2/c25-20(23-6-1-2-16-3-7-22-8-4-16)24(26)9-5-21-13-17-10-18(14-21)12-19(11-17)15-21/h3-4,7-8,17-19,26H,1-2,5-6,9-15H2,(H,23,25). The first-order valence-corrected chi connectivity index (χ1v) is 10.2. The molecular formula is C21H31N3O2. The number of carbonyl (C=O) groups excluding carboxylic acids is 1. The van der Waals surface area contributed by atoms with Crippen molar-refractivity contribution in [2.45, 2.75) is 57.8 Å². The van der Waals surface area contributed by atoms with Crippen LogP contribution in [0.1, 0.15) is 56.9 Å². The van der Waals surface area contributed by atoms with Crippen molar-refractivity contribution < 1.29 is 10.0 Å². The lowest BCUT2D eigenvalue weighted by atomic mass is 9.49. The second kappa shape index (κ2) is 7.55. The topological polar surface area (TPSA) is 65.5 Å². The molecule has 4 aliphatic rings. The van der Waals surface area contributed by atoms with Crippen LogP contribution in [0.15, 0.2) is 24.5 Å². The van der Waals surface area contributed by atoms with Crippen LogP contribution >= 0.6 is 0 Å². The fourth-order valence-electron chi connectivity index (χ4n) is 6.17. The summed E-state index contributed by atoms with van der Waals surface area (Å²) in [7, 11) is 0. The average Bonchev–Trinajstić information content (AvgIpc) is 2.63. The number of hydroxylamine groups is 2. The fraction of sp³-hybridized carbons (Fsp3) is 0.714. The number of nitrogens with zero attached hydrogens (tertiary/aromatic N) is 2. The van der Waals surface area contributed by atoms with Crippen molar-refractivity contribution in [1.29, 1.82) is 0 Å². The number of aromatic nitrogens is 1. The van der Waals surface area contributed by atoms with E-state index in [4.69, 9.17) is 0 Å². The van der Waals surface area contributed by atoms with Crippen molar-refractivity contribution in [3.05, 3.63) is 30.1 Å². The third-order valence-electron chi connectivity index (χ3n) is 6.92. The lowest BCUT2D eigenvalue weighted by Gasteiger charge is -2.57. The zero-order chi connectivity index (χ0) is 18.0. The first-order chi connectivity index (χ1) is 12.6. The Morgan fingerprint density at radius 3 is 2.38 bits per heavy atom. The molecule has 26 heavy (non-hydrogen) atoms. The molecule has 2 amide bonds. The van der Waals surface area contributed by atoms with Gasteiger partial charge in [-0.15, -0.1) is 0 Å². The lowest BCUT2D eigenvalue weighted by Crippen LogP contribution is -2.48. The molecule has 4 aliphatic carbocycles. The van der Waals surface area contributed by atoms with Gasteiger partial charge in [0.15, 0.2) is 0 Å². The minimum Gasteiger partial charge on any atom is -0.336 e. The van der Waals surface area contributed by atoms with Gasteiger partial charge in [-0.1, -0.05) is 0 Å². The van der Waals surface area contributed by atoms with Crippen molar-refractivity contribution in [2.75, 3.05) is 13.1 Å². The quantitative estimate of drug-likeness (QED) is 0.440. The van der Waals surface area contributed by atoms with Gasteiger partial charge >= 0.3 is 6.03 Å². The first kappa shape index (κ1) is 17.8. The molecule has 142 valence electrons. The highest BCUT2D eigenvalue weighted by molar-refractivity contribution is 5.72. The van der Waals surface area contributed by atoms with Crippen LogP contribution in [0.2, 0.25) is 0 Å². The number of urea groups is 1. The molecule has 4 fully saturated rings. The Labute approximate surface area is 156 Å². The average molecular weight is 357 g/mol. The van der Waals surface area contributed by atoms with Gasteiger partial charge in [0.2, 0.25) is 0 Å². The van der Waals surface area contributed by atoms with Crippen LogP contribution < -0.4 is 5.32 Å². The molecule has 0 unspecified atom stereocenters. The van der Waals surface area contributed by atoms with E-state index in [0.29, 0.717) is 18.5 Å². The zero-order valence-electron chi connectivity index (χ0n) is 15.6. The van der Waals surface area contributed by atoms with Gasteiger partial charge in [-0.2, -0.15) is 0 Å². The van der Waals surface area contributed by atoms with E-state index in [-0.39, 0.29) is 6.03 Å². The Kier molecular flexibility index (Phi) is 5.16. The Balaban J connectivity index is 1.18. The Morgan fingerprint density at radius 2 is 1.77 bits per heavy atom. The molecule has 0 atom stereocenters. The number of aryl methyl sites for hydroxylation is 1. The maximum absolute atomic E-state index is 12.1. The minimum absolute atomic E-state index is 0.357. The van der Waals surface area contributed by atoms with Crippen LogP contribution in [0.25, 0.3) is 0 Å².